The molecule has 0 unspecified atom stereocenters. The Hall–Kier alpha value is -4.27. The Morgan fingerprint density at radius 2 is 1.55 bits per heavy atom. The van der Waals surface area contributed by atoms with Crippen molar-refractivity contribution in [3.05, 3.63) is 89.4 Å². The number of amides is 2. The fraction of sp³-hybridized carbons (Fsp3) is 0.0833. The van der Waals surface area contributed by atoms with Crippen LogP contribution in [-0.4, -0.2) is 26.0 Å². The number of ether oxygens (including phenoxy) is 2. The molecule has 0 fully saturated rings. The summed E-state index contributed by atoms with van der Waals surface area (Å²) < 4.78 is 51.4. The van der Waals surface area contributed by atoms with Crippen LogP contribution in [0.2, 0.25) is 0 Å². The molecule has 0 aliphatic carbocycles. The second kappa shape index (κ2) is 8.70. The van der Waals surface area contributed by atoms with Crippen molar-refractivity contribution in [1.29, 1.82) is 0 Å². The van der Waals surface area contributed by atoms with Gasteiger partial charge in [-0.3, -0.25) is 9.59 Å². The van der Waals surface area contributed by atoms with Gasteiger partial charge in [-0.25, -0.2) is 18.1 Å². The van der Waals surface area contributed by atoms with E-state index in [4.69, 9.17) is 9.47 Å². The number of benzene rings is 3. The van der Waals surface area contributed by atoms with Crippen molar-refractivity contribution in [3.63, 3.8) is 0 Å². The van der Waals surface area contributed by atoms with Gasteiger partial charge in [0.1, 0.15) is 11.5 Å². The number of imide groups is 1. The van der Waals surface area contributed by atoms with Gasteiger partial charge in [0, 0.05) is 11.8 Å². The Bertz CT molecular complexity index is 1310. The highest BCUT2D eigenvalue weighted by atomic mass is 19.2. The minimum absolute atomic E-state index is 0.0186. The number of rotatable bonds is 6. The SMILES string of the molecule is COc1ccc(C2=C(Nc3ccc(F)c(F)c3)C(=O)N(c3cccc(F)c3)C2=O)cc1OC. The van der Waals surface area contributed by atoms with Crippen molar-refractivity contribution in [3.8, 4) is 11.5 Å². The molecular weight excluding hydrogens is 437 g/mol. The molecule has 168 valence electrons. The molecule has 0 radical (unpaired) electrons. The molecule has 0 saturated carbocycles. The zero-order valence-corrected chi connectivity index (χ0v) is 17.5. The van der Waals surface area contributed by atoms with Crippen LogP contribution in [0, 0.1) is 17.5 Å². The van der Waals surface area contributed by atoms with Gasteiger partial charge in [-0.1, -0.05) is 12.1 Å². The molecule has 9 heteroatoms. The quantitative estimate of drug-likeness (QED) is 0.555. The molecule has 4 rings (SSSR count). The minimum Gasteiger partial charge on any atom is -0.493 e. The summed E-state index contributed by atoms with van der Waals surface area (Å²) in [7, 11) is 2.86. The summed E-state index contributed by atoms with van der Waals surface area (Å²) in [4.78, 5) is 27.5. The maximum absolute atomic E-state index is 13.8. The van der Waals surface area contributed by atoms with E-state index in [1.165, 1.54) is 44.6 Å². The first-order valence-electron chi connectivity index (χ1n) is 9.67. The molecule has 3 aromatic carbocycles. The lowest BCUT2D eigenvalue weighted by Gasteiger charge is -2.15. The van der Waals surface area contributed by atoms with E-state index >= 15 is 0 Å². The standard InChI is InChI=1S/C24H17F3N2O4/c1-32-19-9-6-13(10-20(19)33-2)21-22(28-15-7-8-17(26)18(27)12-15)24(31)29(23(21)30)16-5-3-4-14(25)11-16/h3-12,28H,1-2H3. The molecule has 33 heavy (non-hydrogen) atoms. The van der Waals surface area contributed by atoms with E-state index in [0.29, 0.717) is 17.1 Å². The van der Waals surface area contributed by atoms with E-state index in [0.717, 1.165) is 23.1 Å². The van der Waals surface area contributed by atoms with Gasteiger partial charge in [0.2, 0.25) is 0 Å². The maximum Gasteiger partial charge on any atom is 0.282 e. The first-order valence-corrected chi connectivity index (χ1v) is 9.67. The van der Waals surface area contributed by atoms with Crippen LogP contribution in [-0.2, 0) is 9.59 Å². The number of hydrogen-bond acceptors (Lipinski definition) is 5. The third-order valence-corrected chi connectivity index (χ3v) is 5.01. The lowest BCUT2D eigenvalue weighted by atomic mass is 10.0. The summed E-state index contributed by atoms with van der Waals surface area (Å²) in [6.45, 7) is 0. The van der Waals surface area contributed by atoms with Crippen molar-refractivity contribution in [2.24, 2.45) is 0 Å². The predicted molar refractivity (Wildman–Crippen MR) is 115 cm³/mol. The number of carbonyl (C=O) groups excluding carboxylic acids is 2. The third-order valence-electron chi connectivity index (χ3n) is 5.01. The Kier molecular flexibility index (Phi) is 5.78. The first kappa shape index (κ1) is 21.9. The van der Waals surface area contributed by atoms with Crippen LogP contribution in [0.5, 0.6) is 11.5 Å². The van der Waals surface area contributed by atoms with Crippen molar-refractivity contribution < 1.29 is 32.2 Å². The molecule has 3 aromatic rings. The van der Waals surface area contributed by atoms with Crippen LogP contribution in [0.25, 0.3) is 5.57 Å². The van der Waals surface area contributed by atoms with Gasteiger partial charge >= 0.3 is 0 Å². The minimum atomic E-state index is -1.13. The number of nitrogens with zero attached hydrogens (tertiary/aromatic N) is 1. The molecular formula is C24H17F3N2O4. The van der Waals surface area contributed by atoms with Gasteiger partial charge in [-0.05, 0) is 48.0 Å². The molecule has 0 saturated heterocycles. The molecule has 1 aliphatic rings. The normalized spacial score (nSPS) is 13.5. The van der Waals surface area contributed by atoms with Crippen LogP contribution in [0.3, 0.4) is 0 Å². The van der Waals surface area contributed by atoms with Gasteiger partial charge in [0.25, 0.3) is 11.8 Å². The summed E-state index contributed by atoms with van der Waals surface area (Å²) in [6.07, 6.45) is 0. The number of halogens is 3. The predicted octanol–water partition coefficient (Wildman–Crippen LogP) is 4.52. The number of carbonyl (C=O) groups is 2. The van der Waals surface area contributed by atoms with Crippen LogP contribution in [0.1, 0.15) is 5.56 Å². The van der Waals surface area contributed by atoms with Crippen LogP contribution >= 0.6 is 0 Å². The molecule has 0 bridgehead atoms. The molecule has 2 amide bonds. The lowest BCUT2D eigenvalue weighted by molar-refractivity contribution is -0.120. The van der Waals surface area contributed by atoms with Crippen LogP contribution in [0.4, 0.5) is 24.5 Å². The van der Waals surface area contributed by atoms with Crippen LogP contribution in [0.15, 0.2) is 66.4 Å². The topological polar surface area (TPSA) is 67.9 Å². The summed E-state index contributed by atoms with van der Waals surface area (Å²) in [5.41, 5.74) is 0.113. The molecule has 1 aliphatic heterocycles. The second-order valence-corrected chi connectivity index (χ2v) is 7.00. The first-order chi connectivity index (χ1) is 15.8. The van der Waals surface area contributed by atoms with E-state index in [1.54, 1.807) is 12.1 Å². The summed E-state index contributed by atoms with van der Waals surface area (Å²) in [5, 5.41) is 2.71. The molecule has 0 spiro atoms. The molecule has 0 atom stereocenters. The van der Waals surface area contributed by atoms with Gasteiger partial charge in [0.05, 0.1) is 25.5 Å². The van der Waals surface area contributed by atoms with Gasteiger partial charge in [0.15, 0.2) is 23.1 Å². The van der Waals surface area contributed by atoms with E-state index in [-0.39, 0.29) is 22.6 Å². The molecule has 0 aromatic heterocycles. The summed E-state index contributed by atoms with van der Waals surface area (Å²) in [6, 6.07) is 12.6. The van der Waals surface area contributed by atoms with Gasteiger partial charge in [-0.15, -0.1) is 0 Å². The fourth-order valence-electron chi connectivity index (χ4n) is 3.47. The molecule has 6 nitrogen and oxygen atoms in total. The number of hydrogen-bond donors (Lipinski definition) is 1. The Balaban J connectivity index is 1.86. The highest BCUT2D eigenvalue weighted by Gasteiger charge is 2.40. The van der Waals surface area contributed by atoms with Crippen molar-refractivity contribution in [2.45, 2.75) is 0 Å². The molecule has 1 heterocycles. The van der Waals surface area contributed by atoms with E-state index < -0.39 is 29.3 Å². The number of anilines is 2. The van der Waals surface area contributed by atoms with Gasteiger partial charge < -0.3 is 14.8 Å². The Labute approximate surface area is 186 Å². The van der Waals surface area contributed by atoms with Crippen molar-refractivity contribution in [1.82, 2.24) is 0 Å². The second-order valence-electron chi connectivity index (χ2n) is 7.00. The van der Waals surface area contributed by atoms with E-state index in [1.807, 2.05) is 0 Å². The van der Waals surface area contributed by atoms with E-state index in [9.17, 15) is 22.8 Å². The third kappa shape index (κ3) is 4.00. The fourth-order valence-corrected chi connectivity index (χ4v) is 3.47. The Morgan fingerprint density at radius 3 is 2.21 bits per heavy atom. The average Bonchev–Trinajstić information content (AvgIpc) is 3.05. The number of methoxy groups -OCH3 is 2. The van der Waals surface area contributed by atoms with Crippen molar-refractivity contribution >= 4 is 28.8 Å². The Morgan fingerprint density at radius 1 is 0.788 bits per heavy atom. The van der Waals surface area contributed by atoms with Crippen molar-refractivity contribution in [2.75, 3.05) is 24.4 Å². The average molecular weight is 454 g/mol. The highest BCUT2D eigenvalue weighted by Crippen LogP contribution is 2.37. The largest absolute Gasteiger partial charge is 0.493 e. The monoisotopic (exact) mass is 454 g/mol. The highest BCUT2D eigenvalue weighted by molar-refractivity contribution is 6.46. The zero-order chi connectivity index (χ0) is 23.7. The summed E-state index contributed by atoms with van der Waals surface area (Å²) in [5.74, 6) is -3.66. The van der Waals surface area contributed by atoms with E-state index in [2.05, 4.69) is 5.32 Å². The van der Waals surface area contributed by atoms with Crippen LogP contribution < -0.4 is 19.7 Å². The maximum atomic E-state index is 13.8. The molecule has 1 N–H and O–H groups in total. The van der Waals surface area contributed by atoms with Gasteiger partial charge in [-0.2, -0.15) is 0 Å². The summed E-state index contributed by atoms with van der Waals surface area (Å²) >= 11 is 0. The zero-order valence-electron chi connectivity index (χ0n) is 17.5. The number of nitrogens with one attached hydrogen (secondary N) is 1. The lowest BCUT2D eigenvalue weighted by Crippen LogP contribution is -2.32. The smallest absolute Gasteiger partial charge is 0.282 e.